The highest BCUT2D eigenvalue weighted by molar-refractivity contribution is 5.97. The van der Waals surface area contributed by atoms with E-state index in [1.54, 1.807) is 4.90 Å². The molecule has 0 saturated heterocycles. The molecule has 0 atom stereocenters. The second-order valence-corrected chi connectivity index (χ2v) is 3.70. The minimum absolute atomic E-state index is 0.115. The van der Waals surface area contributed by atoms with Crippen LogP contribution in [0.15, 0.2) is 18.2 Å². The van der Waals surface area contributed by atoms with Crippen molar-refractivity contribution in [2.24, 2.45) is 5.73 Å². The number of phenolic OH excluding ortho intramolecular Hbond substituents is 2. The number of hydrogen-bond donors (Lipinski definition) is 3. The second kappa shape index (κ2) is 6.10. The lowest BCUT2D eigenvalue weighted by Crippen LogP contribution is -2.32. The van der Waals surface area contributed by atoms with Crippen LogP contribution in [-0.2, 0) is 0 Å². The zero-order valence-corrected chi connectivity index (χ0v) is 9.89. The van der Waals surface area contributed by atoms with Gasteiger partial charge in [-0.1, -0.05) is 6.07 Å². The molecule has 1 rings (SSSR count). The van der Waals surface area contributed by atoms with Gasteiger partial charge >= 0.3 is 0 Å². The maximum Gasteiger partial charge on any atom is 0.257 e. The van der Waals surface area contributed by atoms with E-state index in [0.29, 0.717) is 26.1 Å². The van der Waals surface area contributed by atoms with E-state index in [-0.39, 0.29) is 23.0 Å². The van der Waals surface area contributed by atoms with Gasteiger partial charge in [0, 0.05) is 13.1 Å². The number of phenols is 2. The van der Waals surface area contributed by atoms with Crippen LogP contribution in [0.1, 0.15) is 23.7 Å². The third-order valence-electron chi connectivity index (χ3n) is 2.55. The smallest absolute Gasteiger partial charge is 0.257 e. The summed E-state index contributed by atoms with van der Waals surface area (Å²) in [7, 11) is 0. The van der Waals surface area contributed by atoms with E-state index in [9.17, 15) is 15.0 Å². The van der Waals surface area contributed by atoms with Crippen molar-refractivity contribution in [2.75, 3.05) is 19.6 Å². The number of carbonyl (C=O) groups is 1. The quantitative estimate of drug-likeness (QED) is 0.665. The third kappa shape index (κ3) is 3.10. The van der Waals surface area contributed by atoms with Gasteiger partial charge in [0.25, 0.3) is 5.91 Å². The van der Waals surface area contributed by atoms with Crippen LogP contribution >= 0.6 is 0 Å². The zero-order chi connectivity index (χ0) is 12.8. The second-order valence-electron chi connectivity index (χ2n) is 3.70. The molecule has 0 aliphatic heterocycles. The Labute approximate surface area is 100 Å². The Morgan fingerprint density at radius 3 is 2.71 bits per heavy atom. The Hall–Kier alpha value is -1.75. The van der Waals surface area contributed by atoms with Crippen molar-refractivity contribution < 1.29 is 15.0 Å². The van der Waals surface area contributed by atoms with E-state index in [0.717, 1.165) is 0 Å². The molecule has 0 heterocycles. The number of amides is 1. The maximum absolute atomic E-state index is 12.1. The third-order valence-corrected chi connectivity index (χ3v) is 2.55. The first-order valence-electron chi connectivity index (χ1n) is 5.62. The van der Waals surface area contributed by atoms with Crippen LogP contribution in [0.25, 0.3) is 0 Å². The lowest BCUT2D eigenvalue weighted by Gasteiger charge is -2.21. The van der Waals surface area contributed by atoms with Crippen LogP contribution in [-0.4, -0.2) is 40.7 Å². The predicted molar refractivity (Wildman–Crippen MR) is 65.0 cm³/mol. The van der Waals surface area contributed by atoms with Gasteiger partial charge in [0.05, 0.1) is 5.56 Å². The number of carbonyl (C=O) groups excluding carboxylic acids is 1. The van der Waals surface area contributed by atoms with E-state index in [1.165, 1.54) is 18.2 Å². The van der Waals surface area contributed by atoms with Crippen LogP contribution in [0.5, 0.6) is 11.5 Å². The van der Waals surface area contributed by atoms with Crippen molar-refractivity contribution >= 4 is 5.91 Å². The van der Waals surface area contributed by atoms with Crippen LogP contribution in [0.4, 0.5) is 0 Å². The molecular formula is C12H18N2O3. The van der Waals surface area contributed by atoms with Gasteiger partial charge in [-0.05, 0) is 32.0 Å². The van der Waals surface area contributed by atoms with Gasteiger partial charge in [-0.2, -0.15) is 0 Å². The van der Waals surface area contributed by atoms with Crippen molar-refractivity contribution in [3.8, 4) is 11.5 Å². The first kappa shape index (κ1) is 13.3. The molecule has 0 bridgehead atoms. The lowest BCUT2D eigenvalue weighted by molar-refractivity contribution is 0.0760. The molecule has 0 aliphatic rings. The first-order valence-corrected chi connectivity index (χ1v) is 5.62. The van der Waals surface area contributed by atoms with Crippen molar-refractivity contribution in [1.29, 1.82) is 0 Å². The number of nitrogens with two attached hydrogens (primary N) is 1. The number of hydrogen-bond acceptors (Lipinski definition) is 4. The van der Waals surface area contributed by atoms with Crippen LogP contribution in [0.2, 0.25) is 0 Å². The molecule has 0 aliphatic carbocycles. The molecule has 0 fully saturated rings. The van der Waals surface area contributed by atoms with Gasteiger partial charge < -0.3 is 20.8 Å². The topological polar surface area (TPSA) is 86.8 Å². The van der Waals surface area contributed by atoms with E-state index in [4.69, 9.17) is 5.73 Å². The summed E-state index contributed by atoms with van der Waals surface area (Å²) in [6.07, 6.45) is 0.707. The molecule has 0 spiro atoms. The predicted octanol–water partition coefficient (Wildman–Crippen LogP) is 0.909. The van der Waals surface area contributed by atoms with Crippen molar-refractivity contribution in [1.82, 2.24) is 4.90 Å². The molecule has 0 radical (unpaired) electrons. The summed E-state index contributed by atoms with van der Waals surface area (Å²) in [5, 5.41) is 19.0. The molecule has 5 nitrogen and oxygen atoms in total. The zero-order valence-electron chi connectivity index (χ0n) is 9.89. The normalized spacial score (nSPS) is 10.2. The van der Waals surface area contributed by atoms with E-state index in [2.05, 4.69) is 0 Å². The van der Waals surface area contributed by atoms with Crippen LogP contribution in [0.3, 0.4) is 0 Å². The van der Waals surface area contributed by atoms with Gasteiger partial charge in [-0.25, -0.2) is 0 Å². The van der Waals surface area contributed by atoms with Crippen LogP contribution in [0, 0.1) is 0 Å². The summed E-state index contributed by atoms with van der Waals surface area (Å²) in [6.45, 7) is 3.44. The molecule has 0 unspecified atom stereocenters. The fourth-order valence-corrected chi connectivity index (χ4v) is 1.56. The number of benzene rings is 1. The Balaban J connectivity index is 2.90. The Bertz CT molecular complexity index is 393. The average molecular weight is 238 g/mol. The number of rotatable bonds is 5. The molecule has 1 aromatic rings. The molecule has 1 aromatic carbocycles. The monoisotopic (exact) mass is 238 g/mol. The molecule has 0 saturated carbocycles. The molecule has 94 valence electrons. The van der Waals surface area contributed by atoms with E-state index in [1.807, 2.05) is 6.92 Å². The summed E-state index contributed by atoms with van der Waals surface area (Å²) >= 11 is 0. The summed E-state index contributed by atoms with van der Waals surface area (Å²) in [5.74, 6) is -0.955. The number of aromatic hydroxyl groups is 2. The van der Waals surface area contributed by atoms with Gasteiger partial charge in [0.1, 0.15) is 0 Å². The average Bonchev–Trinajstić information content (AvgIpc) is 2.33. The molecule has 17 heavy (non-hydrogen) atoms. The Morgan fingerprint density at radius 1 is 1.41 bits per heavy atom. The fourth-order valence-electron chi connectivity index (χ4n) is 1.56. The van der Waals surface area contributed by atoms with Crippen molar-refractivity contribution in [3.63, 3.8) is 0 Å². The maximum atomic E-state index is 12.1. The SMILES string of the molecule is CCN(CCCN)C(=O)c1cccc(O)c1O. The number of para-hydroxylation sites is 1. The molecule has 4 N–H and O–H groups in total. The Kier molecular flexibility index (Phi) is 4.78. The highest BCUT2D eigenvalue weighted by Gasteiger charge is 2.18. The lowest BCUT2D eigenvalue weighted by atomic mass is 10.1. The largest absolute Gasteiger partial charge is 0.504 e. The highest BCUT2D eigenvalue weighted by atomic mass is 16.3. The highest BCUT2D eigenvalue weighted by Crippen LogP contribution is 2.29. The van der Waals surface area contributed by atoms with Crippen molar-refractivity contribution in [3.05, 3.63) is 23.8 Å². The minimum atomic E-state index is -0.372. The minimum Gasteiger partial charge on any atom is -0.504 e. The summed E-state index contributed by atoms with van der Waals surface area (Å²) in [6, 6.07) is 4.35. The summed E-state index contributed by atoms with van der Waals surface area (Å²) < 4.78 is 0. The molecule has 5 heteroatoms. The van der Waals surface area contributed by atoms with Crippen LogP contribution < -0.4 is 5.73 Å². The van der Waals surface area contributed by atoms with Gasteiger partial charge in [0.2, 0.25) is 0 Å². The van der Waals surface area contributed by atoms with Crippen molar-refractivity contribution in [2.45, 2.75) is 13.3 Å². The molecular weight excluding hydrogens is 220 g/mol. The molecule has 1 amide bonds. The van der Waals surface area contributed by atoms with Gasteiger partial charge in [-0.15, -0.1) is 0 Å². The summed E-state index contributed by atoms with van der Waals surface area (Å²) in [5.41, 5.74) is 5.51. The molecule has 0 aromatic heterocycles. The standard InChI is InChI=1S/C12H18N2O3/c1-2-14(8-4-7-13)12(17)9-5-3-6-10(15)11(9)16/h3,5-6,15-16H,2,4,7-8,13H2,1H3. The van der Waals surface area contributed by atoms with Gasteiger partial charge in [0.15, 0.2) is 11.5 Å². The van der Waals surface area contributed by atoms with Gasteiger partial charge in [-0.3, -0.25) is 4.79 Å². The first-order chi connectivity index (χ1) is 8.11. The fraction of sp³-hybridized carbons (Fsp3) is 0.417. The summed E-state index contributed by atoms with van der Waals surface area (Å²) in [4.78, 5) is 13.7. The van der Waals surface area contributed by atoms with E-state index < -0.39 is 0 Å². The number of nitrogens with zero attached hydrogens (tertiary/aromatic N) is 1. The van der Waals surface area contributed by atoms with E-state index >= 15 is 0 Å². The Morgan fingerprint density at radius 2 is 2.12 bits per heavy atom.